The summed E-state index contributed by atoms with van der Waals surface area (Å²) in [4.78, 5) is 8.45. The Kier molecular flexibility index (Phi) is 5.66. The van der Waals surface area contributed by atoms with Gasteiger partial charge in [-0.05, 0) is 30.5 Å². The standard InChI is InChI=1S/C20H22F3N5O/c1-19(2)15(9-16(19)29)27-17-13(10-24)11-26-18(28-17)25-8-7-12-3-5-14(6-4-12)20(21,22)23/h3-6,11,15-16,29H,7-9H2,1-2H3,(H2,25,26,27,28)/t15-,16+/m1/s1. The molecule has 1 aliphatic carbocycles. The summed E-state index contributed by atoms with van der Waals surface area (Å²) in [6, 6.07) is 7.04. The van der Waals surface area contributed by atoms with E-state index in [9.17, 15) is 23.5 Å². The van der Waals surface area contributed by atoms with Crippen LogP contribution in [0.5, 0.6) is 0 Å². The Morgan fingerprint density at radius 1 is 1.28 bits per heavy atom. The van der Waals surface area contributed by atoms with Crippen molar-refractivity contribution in [3.8, 4) is 6.07 Å². The molecule has 1 aromatic heterocycles. The van der Waals surface area contributed by atoms with Gasteiger partial charge in [-0.1, -0.05) is 26.0 Å². The second kappa shape index (κ2) is 7.87. The number of aromatic nitrogens is 2. The Morgan fingerprint density at radius 3 is 2.52 bits per heavy atom. The zero-order valence-electron chi connectivity index (χ0n) is 16.1. The van der Waals surface area contributed by atoms with Gasteiger partial charge in [0.15, 0.2) is 0 Å². The smallest absolute Gasteiger partial charge is 0.392 e. The first-order chi connectivity index (χ1) is 13.6. The predicted molar refractivity (Wildman–Crippen MR) is 102 cm³/mol. The van der Waals surface area contributed by atoms with Gasteiger partial charge in [0.1, 0.15) is 17.5 Å². The highest BCUT2D eigenvalue weighted by molar-refractivity contribution is 5.54. The second-order valence-electron chi connectivity index (χ2n) is 7.71. The van der Waals surface area contributed by atoms with Crippen molar-refractivity contribution >= 4 is 11.8 Å². The fraction of sp³-hybridized carbons (Fsp3) is 0.450. The van der Waals surface area contributed by atoms with Crippen LogP contribution in [0, 0.1) is 16.7 Å². The molecule has 0 unspecified atom stereocenters. The number of halogens is 3. The van der Waals surface area contributed by atoms with Crippen molar-refractivity contribution in [2.75, 3.05) is 17.2 Å². The van der Waals surface area contributed by atoms with Crippen LogP contribution in [-0.4, -0.2) is 33.8 Å². The van der Waals surface area contributed by atoms with Crippen LogP contribution in [0.15, 0.2) is 30.5 Å². The normalized spacial score (nSPS) is 20.4. The number of nitrogens with one attached hydrogen (secondary N) is 2. The van der Waals surface area contributed by atoms with Gasteiger partial charge in [-0.3, -0.25) is 0 Å². The molecule has 0 radical (unpaired) electrons. The minimum Gasteiger partial charge on any atom is -0.392 e. The maximum atomic E-state index is 12.6. The summed E-state index contributed by atoms with van der Waals surface area (Å²) in [7, 11) is 0. The van der Waals surface area contributed by atoms with Gasteiger partial charge in [-0.25, -0.2) is 4.98 Å². The molecule has 1 heterocycles. The zero-order valence-corrected chi connectivity index (χ0v) is 16.1. The number of anilines is 2. The van der Waals surface area contributed by atoms with Crippen LogP contribution >= 0.6 is 0 Å². The molecule has 1 fully saturated rings. The van der Waals surface area contributed by atoms with Gasteiger partial charge in [-0.15, -0.1) is 0 Å². The van der Waals surface area contributed by atoms with E-state index < -0.39 is 17.8 Å². The van der Waals surface area contributed by atoms with E-state index in [1.54, 1.807) is 0 Å². The predicted octanol–water partition coefficient (Wildman–Crippen LogP) is 3.59. The molecule has 6 nitrogen and oxygen atoms in total. The molecule has 3 rings (SSSR count). The average Bonchev–Trinajstić information content (AvgIpc) is 2.68. The van der Waals surface area contributed by atoms with Crippen molar-refractivity contribution in [3.63, 3.8) is 0 Å². The molecule has 2 aromatic rings. The Balaban J connectivity index is 1.61. The third-order valence-electron chi connectivity index (χ3n) is 5.41. The number of alkyl halides is 3. The summed E-state index contributed by atoms with van der Waals surface area (Å²) in [6.45, 7) is 4.30. The number of rotatable bonds is 6. The van der Waals surface area contributed by atoms with Crippen molar-refractivity contribution in [1.29, 1.82) is 5.26 Å². The number of aliphatic hydroxyl groups excluding tert-OH is 1. The molecule has 1 aliphatic rings. The molecule has 0 saturated heterocycles. The maximum Gasteiger partial charge on any atom is 0.416 e. The number of aliphatic hydroxyl groups is 1. The lowest BCUT2D eigenvalue weighted by Gasteiger charge is -2.49. The highest BCUT2D eigenvalue weighted by Gasteiger charge is 2.47. The van der Waals surface area contributed by atoms with E-state index in [2.05, 4.69) is 20.6 Å². The van der Waals surface area contributed by atoms with Crippen LogP contribution in [0.4, 0.5) is 24.9 Å². The van der Waals surface area contributed by atoms with E-state index in [1.165, 1.54) is 18.3 Å². The molecule has 2 atom stereocenters. The lowest BCUT2D eigenvalue weighted by Crippen LogP contribution is -2.57. The van der Waals surface area contributed by atoms with Gasteiger partial charge in [0.2, 0.25) is 5.95 Å². The molecule has 154 valence electrons. The number of hydrogen-bond acceptors (Lipinski definition) is 6. The molecule has 1 saturated carbocycles. The van der Waals surface area contributed by atoms with Gasteiger partial charge < -0.3 is 15.7 Å². The van der Waals surface area contributed by atoms with Crippen molar-refractivity contribution < 1.29 is 18.3 Å². The lowest BCUT2D eigenvalue weighted by molar-refractivity contribution is -0.137. The van der Waals surface area contributed by atoms with E-state index >= 15 is 0 Å². The van der Waals surface area contributed by atoms with Gasteiger partial charge in [0.25, 0.3) is 0 Å². The summed E-state index contributed by atoms with van der Waals surface area (Å²) in [6.07, 6.45) is -2.28. The van der Waals surface area contributed by atoms with E-state index in [-0.39, 0.29) is 11.5 Å². The summed E-state index contributed by atoms with van der Waals surface area (Å²) in [5, 5.41) is 25.4. The highest BCUT2D eigenvalue weighted by Crippen LogP contribution is 2.42. The molecule has 29 heavy (non-hydrogen) atoms. The average molecular weight is 405 g/mol. The fourth-order valence-corrected chi connectivity index (χ4v) is 3.15. The molecule has 0 bridgehead atoms. The van der Waals surface area contributed by atoms with Gasteiger partial charge >= 0.3 is 6.18 Å². The van der Waals surface area contributed by atoms with Crippen molar-refractivity contribution in [2.24, 2.45) is 5.41 Å². The van der Waals surface area contributed by atoms with E-state index in [0.717, 1.165) is 17.7 Å². The van der Waals surface area contributed by atoms with Crippen molar-refractivity contribution in [1.82, 2.24) is 9.97 Å². The topological polar surface area (TPSA) is 93.9 Å². The number of benzene rings is 1. The van der Waals surface area contributed by atoms with Crippen LogP contribution < -0.4 is 10.6 Å². The minimum atomic E-state index is -4.35. The van der Waals surface area contributed by atoms with Gasteiger partial charge in [0.05, 0.1) is 17.9 Å². The molecular formula is C20H22F3N5O. The summed E-state index contributed by atoms with van der Waals surface area (Å²) < 4.78 is 37.8. The monoisotopic (exact) mass is 405 g/mol. The zero-order chi connectivity index (χ0) is 21.2. The highest BCUT2D eigenvalue weighted by atomic mass is 19.4. The summed E-state index contributed by atoms with van der Waals surface area (Å²) >= 11 is 0. The van der Waals surface area contributed by atoms with Crippen molar-refractivity contribution in [2.45, 2.75) is 45.0 Å². The SMILES string of the molecule is CC1(C)[C@@H](O)C[C@H]1Nc1nc(NCCc2ccc(C(F)(F)F)cc2)ncc1C#N. The first-order valence-electron chi connectivity index (χ1n) is 9.23. The quantitative estimate of drug-likeness (QED) is 0.680. The molecule has 0 aliphatic heterocycles. The summed E-state index contributed by atoms with van der Waals surface area (Å²) in [5.74, 6) is 0.709. The third-order valence-corrected chi connectivity index (χ3v) is 5.41. The van der Waals surface area contributed by atoms with Crippen LogP contribution in [0.3, 0.4) is 0 Å². The minimum absolute atomic E-state index is 0.0144. The second-order valence-corrected chi connectivity index (χ2v) is 7.71. The van der Waals surface area contributed by atoms with Gasteiger partial charge in [0, 0.05) is 18.0 Å². The van der Waals surface area contributed by atoms with Crippen LogP contribution in [0.1, 0.15) is 37.0 Å². The van der Waals surface area contributed by atoms with E-state index in [1.807, 2.05) is 19.9 Å². The third kappa shape index (κ3) is 4.59. The van der Waals surface area contributed by atoms with Crippen molar-refractivity contribution in [3.05, 3.63) is 47.2 Å². The van der Waals surface area contributed by atoms with E-state index in [4.69, 9.17) is 0 Å². The number of nitriles is 1. The van der Waals surface area contributed by atoms with Crippen LogP contribution in [0.2, 0.25) is 0 Å². The number of hydrogen-bond donors (Lipinski definition) is 3. The Bertz CT molecular complexity index is 906. The fourth-order valence-electron chi connectivity index (χ4n) is 3.15. The number of nitrogens with zero attached hydrogens (tertiary/aromatic N) is 3. The lowest BCUT2D eigenvalue weighted by atomic mass is 9.64. The summed E-state index contributed by atoms with van der Waals surface area (Å²) in [5.41, 5.74) is 0.0518. The van der Waals surface area contributed by atoms with Crippen LogP contribution in [0.25, 0.3) is 0 Å². The molecule has 3 N–H and O–H groups in total. The molecular weight excluding hydrogens is 383 g/mol. The molecule has 9 heteroatoms. The Hall–Kier alpha value is -2.86. The Morgan fingerprint density at radius 2 is 1.97 bits per heavy atom. The Labute approximate surface area is 166 Å². The van der Waals surface area contributed by atoms with Crippen LogP contribution in [-0.2, 0) is 12.6 Å². The molecule has 1 aromatic carbocycles. The maximum absolute atomic E-state index is 12.6. The molecule has 0 amide bonds. The first-order valence-corrected chi connectivity index (χ1v) is 9.23. The largest absolute Gasteiger partial charge is 0.416 e. The van der Waals surface area contributed by atoms with Gasteiger partial charge in [-0.2, -0.15) is 23.4 Å². The molecule has 0 spiro atoms. The van der Waals surface area contributed by atoms with E-state index in [0.29, 0.717) is 36.7 Å². The first kappa shape index (κ1) is 20.9.